The first-order valence-corrected chi connectivity index (χ1v) is 11.2. The van der Waals surface area contributed by atoms with Crippen LogP contribution < -0.4 is 20.1 Å². The summed E-state index contributed by atoms with van der Waals surface area (Å²) in [7, 11) is 3.48. The number of aryl methyl sites for hydroxylation is 1. The van der Waals surface area contributed by atoms with Crippen molar-refractivity contribution in [2.24, 2.45) is 4.99 Å². The Labute approximate surface area is 186 Å². The number of nitrogens with one attached hydrogen (secondary N) is 2. The zero-order valence-electron chi connectivity index (χ0n) is 19.3. The zero-order valence-corrected chi connectivity index (χ0v) is 19.3. The highest BCUT2D eigenvalue weighted by molar-refractivity contribution is 5.80. The first-order chi connectivity index (χ1) is 15.1. The van der Waals surface area contributed by atoms with Gasteiger partial charge in [-0.3, -0.25) is 9.89 Å². The normalized spacial score (nSPS) is 15.5. The highest BCUT2D eigenvalue weighted by Crippen LogP contribution is 2.28. The fourth-order valence-corrected chi connectivity index (χ4v) is 3.94. The Morgan fingerprint density at radius 2 is 1.90 bits per heavy atom. The Morgan fingerprint density at radius 1 is 1.13 bits per heavy atom. The third-order valence-corrected chi connectivity index (χ3v) is 5.80. The number of hydrogen-bond donors (Lipinski definition) is 2. The van der Waals surface area contributed by atoms with E-state index in [4.69, 9.17) is 9.47 Å². The largest absolute Gasteiger partial charge is 0.493 e. The van der Waals surface area contributed by atoms with Gasteiger partial charge in [0, 0.05) is 39.3 Å². The maximum absolute atomic E-state index is 5.68. The second kappa shape index (κ2) is 11.6. The predicted molar refractivity (Wildman–Crippen MR) is 127 cm³/mol. The number of piperidine rings is 1. The summed E-state index contributed by atoms with van der Waals surface area (Å²) in [5.41, 5.74) is 3.93. The van der Waals surface area contributed by atoms with Gasteiger partial charge < -0.3 is 20.1 Å². The van der Waals surface area contributed by atoms with E-state index in [2.05, 4.69) is 51.7 Å². The molecule has 6 heteroatoms. The summed E-state index contributed by atoms with van der Waals surface area (Å²) < 4.78 is 11.0. The summed E-state index contributed by atoms with van der Waals surface area (Å²) in [6.45, 7) is 8.68. The highest BCUT2D eigenvalue weighted by Gasteiger charge is 2.20. The number of methoxy groups -OCH3 is 1. The molecule has 3 rings (SSSR count). The van der Waals surface area contributed by atoms with Gasteiger partial charge in [0.1, 0.15) is 0 Å². The minimum absolute atomic E-state index is 0.439. The van der Waals surface area contributed by atoms with Crippen molar-refractivity contribution in [2.45, 2.75) is 45.8 Å². The van der Waals surface area contributed by atoms with E-state index in [0.717, 1.165) is 55.5 Å². The molecule has 2 aromatic carbocycles. The maximum atomic E-state index is 5.68. The van der Waals surface area contributed by atoms with Crippen LogP contribution in [0.2, 0.25) is 0 Å². The van der Waals surface area contributed by atoms with E-state index in [1.807, 2.05) is 32.2 Å². The molecule has 0 saturated carbocycles. The molecule has 0 aliphatic carbocycles. The van der Waals surface area contributed by atoms with Gasteiger partial charge in [-0.15, -0.1) is 0 Å². The van der Waals surface area contributed by atoms with E-state index in [9.17, 15) is 0 Å². The van der Waals surface area contributed by atoms with Gasteiger partial charge in [0.2, 0.25) is 0 Å². The van der Waals surface area contributed by atoms with Gasteiger partial charge in [-0.1, -0.05) is 30.3 Å². The van der Waals surface area contributed by atoms with Crippen LogP contribution in [0.3, 0.4) is 0 Å². The quantitative estimate of drug-likeness (QED) is 0.500. The van der Waals surface area contributed by atoms with Crippen LogP contribution in [0.5, 0.6) is 11.5 Å². The standard InChI is InChI=1S/C25H36N4O2/c1-5-31-24-16-20(10-11-23(24)30-4)17-27-25(26-3)28-22-12-14-29(15-13-22)18-21-9-7-6-8-19(21)2/h6-11,16,22H,5,12-15,17-18H2,1-4H3,(H2,26,27,28). The fraction of sp³-hybridized carbons (Fsp3) is 0.480. The van der Waals surface area contributed by atoms with E-state index in [0.29, 0.717) is 19.2 Å². The van der Waals surface area contributed by atoms with Crippen molar-refractivity contribution in [3.8, 4) is 11.5 Å². The molecule has 0 radical (unpaired) electrons. The van der Waals surface area contributed by atoms with E-state index in [-0.39, 0.29) is 0 Å². The van der Waals surface area contributed by atoms with Crippen molar-refractivity contribution in [3.63, 3.8) is 0 Å². The summed E-state index contributed by atoms with van der Waals surface area (Å²) in [5.74, 6) is 2.37. The number of ether oxygens (including phenoxy) is 2. The number of guanidine groups is 1. The molecule has 1 fully saturated rings. The molecular weight excluding hydrogens is 388 g/mol. The molecule has 0 spiro atoms. The number of nitrogens with zero attached hydrogens (tertiary/aromatic N) is 2. The number of rotatable bonds is 8. The monoisotopic (exact) mass is 424 g/mol. The molecule has 0 amide bonds. The van der Waals surface area contributed by atoms with Crippen molar-refractivity contribution in [2.75, 3.05) is 33.9 Å². The van der Waals surface area contributed by atoms with Crippen LogP contribution in [0.25, 0.3) is 0 Å². The minimum atomic E-state index is 0.439. The van der Waals surface area contributed by atoms with Crippen LogP contribution in [0.4, 0.5) is 0 Å². The molecule has 1 aliphatic rings. The molecule has 0 bridgehead atoms. The Morgan fingerprint density at radius 3 is 2.58 bits per heavy atom. The SMILES string of the molecule is CCOc1cc(CNC(=NC)NC2CCN(Cc3ccccc3C)CC2)ccc1OC. The van der Waals surface area contributed by atoms with Crippen molar-refractivity contribution in [1.82, 2.24) is 15.5 Å². The topological polar surface area (TPSA) is 58.1 Å². The van der Waals surface area contributed by atoms with Crippen LogP contribution in [0.15, 0.2) is 47.5 Å². The molecule has 1 heterocycles. The van der Waals surface area contributed by atoms with Crippen LogP contribution in [-0.4, -0.2) is 50.8 Å². The van der Waals surface area contributed by atoms with Gasteiger partial charge in [-0.25, -0.2) is 0 Å². The molecular formula is C25H36N4O2. The third kappa shape index (κ3) is 6.62. The van der Waals surface area contributed by atoms with E-state index in [1.165, 1.54) is 11.1 Å². The Balaban J connectivity index is 1.47. The summed E-state index contributed by atoms with van der Waals surface area (Å²) in [5, 5.41) is 7.02. The average molecular weight is 425 g/mol. The maximum Gasteiger partial charge on any atom is 0.191 e. The van der Waals surface area contributed by atoms with Crippen molar-refractivity contribution in [3.05, 3.63) is 59.2 Å². The van der Waals surface area contributed by atoms with Crippen molar-refractivity contribution in [1.29, 1.82) is 0 Å². The summed E-state index contributed by atoms with van der Waals surface area (Å²) in [6.07, 6.45) is 2.23. The highest BCUT2D eigenvalue weighted by atomic mass is 16.5. The third-order valence-electron chi connectivity index (χ3n) is 5.80. The Bertz CT molecular complexity index is 860. The number of likely N-dealkylation sites (tertiary alicyclic amines) is 1. The Kier molecular flexibility index (Phi) is 8.59. The lowest BCUT2D eigenvalue weighted by Gasteiger charge is -2.33. The van der Waals surface area contributed by atoms with Crippen molar-refractivity contribution >= 4 is 5.96 Å². The summed E-state index contributed by atoms with van der Waals surface area (Å²) in [6, 6.07) is 15.1. The average Bonchev–Trinajstić information content (AvgIpc) is 2.79. The summed E-state index contributed by atoms with van der Waals surface area (Å²) in [4.78, 5) is 6.96. The van der Waals surface area contributed by atoms with E-state index < -0.39 is 0 Å². The van der Waals surface area contributed by atoms with E-state index in [1.54, 1.807) is 7.11 Å². The number of benzene rings is 2. The van der Waals surface area contributed by atoms with Crippen LogP contribution >= 0.6 is 0 Å². The molecule has 0 unspecified atom stereocenters. The lowest BCUT2D eigenvalue weighted by atomic mass is 10.0. The molecule has 168 valence electrons. The predicted octanol–water partition coefficient (Wildman–Crippen LogP) is 3.73. The van der Waals surface area contributed by atoms with Crippen LogP contribution in [0, 0.1) is 6.92 Å². The van der Waals surface area contributed by atoms with Crippen molar-refractivity contribution < 1.29 is 9.47 Å². The molecule has 0 aromatic heterocycles. The molecule has 0 atom stereocenters. The molecule has 1 saturated heterocycles. The zero-order chi connectivity index (χ0) is 22.1. The van der Waals surface area contributed by atoms with Crippen LogP contribution in [0.1, 0.15) is 36.5 Å². The molecule has 2 aromatic rings. The summed E-state index contributed by atoms with van der Waals surface area (Å²) >= 11 is 0. The smallest absolute Gasteiger partial charge is 0.191 e. The van der Waals surface area contributed by atoms with Gasteiger partial charge in [-0.05, 0) is 55.5 Å². The first kappa shape index (κ1) is 22.9. The minimum Gasteiger partial charge on any atom is -0.493 e. The molecule has 6 nitrogen and oxygen atoms in total. The lowest BCUT2D eigenvalue weighted by molar-refractivity contribution is 0.198. The lowest BCUT2D eigenvalue weighted by Crippen LogP contribution is -2.48. The van der Waals surface area contributed by atoms with Gasteiger partial charge in [0.25, 0.3) is 0 Å². The Hall–Kier alpha value is -2.73. The van der Waals surface area contributed by atoms with E-state index >= 15 is 0 Å². The first-order valence-electron chi connectivity index (χ1n) is 11.2. The fourth-order valence-electron chi connectivity index (χ4n) is 3.94. The van der Waals surface area contributed by atoms with Gasteiger partial charge in [-0.2, -0.15) is 0 Å². The van der Waals surface area contributed by atoms with Crippen LogP contribution in [-0.2, 0) is 13.1 Å². The number of hydrogen-bond acceptors (Lipinski definition) is 4. The molecule has 2 N–H and O–H groups in total. The number of aliphatic imine (C=N–C) groups is 1. The second-order valence-corrected chi connectivity index (χ2v) is 7.97. The second-order valence-electron chi connectivity index (χ2n) is 7.97. The molecule has 31 heavy (non-hydrogen) atoms. The van der Waals surface area contributed by atoms with Gasteiger partial charge in [0.05, 0.1) is 13.7 Å². The molecule has 1 aliphatic heterocycles. The van der Waals surface area contributed by atoms with Gasteiger partial charge in [0.15, 0.2) is 17.5 Å². The van der Waals surface area contributed by atoms with Gasteiger partial charge >= 0.3 is 0 Å².